The van der Waals surface area contributed by atoms with Gasteiger partial charge in [-0.2, -0.15) is 8.42 Å². The molecular weight excluding hydrogens is 308 g/mol. The molecule has 1 aromatic carbocycles. The van der Waals surface area contributed by atoms with Gasteiger partial charge in [0.25, 0.3) is 10.1 Å². The molecule has 1 amide bonds. The highest BCUT2D eigenvalue weighted by Gasteiger charge is 2.19. The van der Waals surface area contributed by atoms with Crippen LogP contribution in [-0.4, -0.2) is 41.8 Å². The van der Waals surface area contributed by atoms with Gasteiger partial charge in [-0.15, -0.1) is 0 Å². The van der Waals surface area contributed by atoms with Crippen LogP contribution in [0.5, 0.6) is 5.75 Å². The summed E-state index contributed by atoms with van der Waals surface area (Å²) in [5.74, 6) is -0.646. The lowest BCUT2D eigenvalue weighted by Gasteiger charge is -2.19. The van der Waals surface area contributed by atoms with Gasteiger partial charge >= 0.3 is 0 Å². The Kier molecular flexibility index (Phi) is 6.79. The Labute approximate surface area is 130 Å². The van der Waals surface area contributed by atoms with Gasteiger partial charge in [0, 0.05) is 6.04 Å². The Balaban J connectivity index is 2.52. The lowest BCUT2D eigenvalue weighted by molar-refractivity contribution is -0.123. The molecule has 1 rings (SSSR count). The van der Waals surface area contributed by atoms with Crippen LogP contribution < -0.4 is 11.1 Å². The number of aromatic hydroxyl groups is 1. The molecule has 7 nitrogen and oxygen atoms in total. The Morgan fingerprint density at radius 2 is 1.91 bits per heavy atom. The number of benzene rings is 1. The van der Waals surface area contributed by atoms with Gasteiger partial charge < -0.3 is 16.2 Å². The van der Waals surface area contributed by atoms with E-state index in [-0.39, 0.29) is 24.1 Å². The fraction of sp³-hybridized carbons (Fsp3) is 0.500. The van der Waals surface area contributed by atoms with Crippen molar-refractivity contribution in [3.05, 3.63) is 29.8 Å². The van der Waals surface area contributed by atoms with E-state index < -0.39 is 21.9 Å². The lowest BCUT2D eigenvalue weighted by Crippen LogP contribution is -2.46. The molecule has 5 N–H and O–H groups in total. The minimum absolute atomic E-state index is 0.132. The average molecular weight is 330 g/mol. The van der Waals surface area contributed by atoms with Crippen LogP contribution in [0.4, 0.5) is 0 Å². The quantitative estimate of drug-likeness (QED) is 0.512. The van der Waals surface area contributed by atoms with Gasteiger partial charge in [0.15, 0.2) is 0 Å². The number of phenols is 1. The van der Waals surface area contributed by atoms with Crippen LogP contribution >= 0.6 is 0 Å². The minimum Gasteiger partial charge on any atom is -0.508 e. The van der Waals surface area contributed by atoms with Gasteiger partial charge in [-0.25, -0.2) is 0 Å². The number of rotatable bonds is 8. The van der Waals surface area contributed by atoms with Crippen molar-refractivity contribution in [1.29, 1.82) is 0 Å². The van der Waals surface area contributed by atoms with Crippen molar-refractivity contribution < 1.29 is 22.9 Å². The molecule has 0 spiro atoms. The molecule has 0 bridgehead atoms. The summed E-state index contributed by atoms with van der Waals surface area (Å²) in [5.41, 5.74) is 6.64. The van der Waals surface area contributed by atoms with Crippen molar-refractivity contribution in [2.45, 2.75) is 38.3 Å². The van der Waals surface area contributed by atoms with Crippen molar-refractivity contribution in [2.24, 2.45) is 5.73 Å². The molecule has 22 heavy (non-hydrogen) atoms. The number of hydrogen-bond acceptors (Lipinski definition) is 5. The zero-order valence-electron chi connectivity index (χ0n) is 12.4. The molecule has 0 aromatic heterocycles. The largest absolute Gasteiger partial charge is 0.508 e. The van der Waals surface area contributed by atoms with E-state index >= 15 is 0 Å². The third-order valence-electron chi connectivity index (χ3n) is 3.29. The molecule has 0 saturated carbocycles. The van der Waals surface area contributed by atoms with E-state index in [1.54, 1.807) is 19.1 Å². The maximum absolute atomic E-state index is 12.0. The summed E-state index contributed by atoms with van der Waals surface area (Å²) < 4.78 is 30.2. The highest BCUT2D eigenvalue weighted by molar-refractivity contribution is 7.85. The Morgan fingerprint density at radius 3 is 2.41 bits per heavy atom. The van der Waals surface area contributed by atoms with Gasteiger partial charge in [0.2, 0.25) is 5.91 Å². The smallest absolute Gasteiger partial charge is 0.264 e. The third-order valence-corrected chi connectivity index (χ3v) is 4.04. The highest BCUT2D eigenvalue weighted by Crippen LogP contribution is 2.11. The van der Waals surface area contributed by atoms with E-state index in [4.69, 9.17) is 10.3 Å². The topological polar surface area (TPSA) is 130 Å². The molecule has 0 fully saturated rings. The van der Waals surface area contributed by atoms with Gasteiger partial charge in [-0.1, -0.05) is 19.1 Å². The van der Waals surface area contributed by atoms with Crippen LogP contribution in [0.25, 0.3) is 0 Å². The van der Waals surface area contributed by atoms with Gasteiger partial charge in [0.05, 0.1) is 11.8 Å². The second-order valence-corrected chi connectivity index (χ2v) is 6.74. The lowest BCUT2D eigenvalue weighted by atomic mass is 10.0. The zero-order chi connectivity index (χ0) is 16.8. The first kappa shape index (κ1) is 18.4. The number of hydrogen-bond donors (Lipinski definition) is 4. The first-order valence-electron chi connectivity index (χ1n) is 7.00. The summed E-state index contributed by atoms with van der Waals surface area (Å²) in [6.45, 7) is 1.81. The maximum atomic E-state index is 12.0. The normalized spacial score (nSPS) is 14.3. The predicted octanol–water partition coefficient (Wildman–Crippen LogP) is 0.435. The summed E-state index contributed by atoms with van der Waals surface area (Å²) in [7, 11) is -4.04. The molecule has 8 heteroatoms. The van der Waals surface area contributed by atoms with Gasteiger partial charge in [-0.3, -0.25) is 9.35 Å². The monoisotopic (exact) mass is 330 g/mol. The third kappa shape index (κ3) is 6.88. The van der Waals surface area contributed by atoms with Crippen LogP contribution in [0.15, 0.2) is 24.3 Å². The molecule has 2 atom stereocenters. The fourth-order valence-electron chi connectivity index (χ4n) is 1.96. The molecule has 1 aromatic rings. The summed E-state index contributed by atoms with van der Waals surface area (Å²) in [6, 6.07) is 5.25. The molecule has 0 aliphatic carbocycles. The SMILES string of the molecule is CCC(CCS(=O)(=O)O)NC(=O)[C@@H](N)Cc1ccc(O)cc1. The van der Waals surface area contributed by atoms with E-state index in [0.717, 1.165) is 5.56 Å². The summed E-state index contributed by atoms with van der Waals surface area (Å²) >= 11 is 0. The van der Waals surface area contributed by atoms with Crippen LogP contribution in [-0.2, 0) is 21.3 Å². The summed E-state index contributed by atoms with van der Waals surface area (Å²) in [4.78, 5) is 12.0. The molecule has 0 heterocycles. The summed E-state index contributed by atoms with van der Waals surface area (Å²) in [6.07, 6.45) is 0.973. The Morgan fingerprint density at radius 1 is 1.32 bits per heavy atom. The summed E-state index contributed by atoms with van der Waals surface area (Å²) in [5, 5.41) is 11.9. The highest BCUT2D eigenvalue weighted by atomic mass is 32.2. The number of carbonyl (C=O) groups excluding carboxylic acids is 1. The number of nitrogens with two attached hydrogens (primary N) is 1. The number of amides is 1. The predicted molar refractivity (Wildman–Crippen MR) is 83.0 cm³/mol. The number of phenolic OH excluding ortho intramolecular Hbond substituents is 1. The maximum Gasteiger partial charge on any atom is 0.264 e. The van der Waals surface area contributed by atoms with E-state index in [9.17, 15) is 18.3 Å². The van der Waals surface area contributed by atoms with Gasteiger partial charge in [-0.05, 0) is 37.0 Å². The number of carbonyl (C=O) groups is 1. The van der Waals surface area contributed by atoms with Crippen molar-refractivity contribution in [1.82, 2.24) is 5.32 Å². The van der Waals surface area contributed by atoms with Crippen LogP contribution in [0.1, 0.15) is 25.3 Å². The average Bonchev–Trinajstić information content (AvgIpc) is 2.44. The van der Waals surface area contributed by atoms with Crippen molar-refractivity contribution in [3.63, 3.8) is 0 Å². The van der Waals surface area contributed by atoms with E-state index in [0.29, 0.717) is 12.8 Å². The van der Waals surface area contributed by atoms with Gasteiger partial charge in [0.1, 0.15) is 5.75 Å². The second-order valence-electron chi connectivity index (χ2n) is 5.17. The van der Waals surface area contributed by atoms with Crippen LogP contribution in [0, 0.1) is 0 Å². The van der Waals surface area contributed by atoms with Crippen molar-refractivity contribution >= 4 is 16.0 Å². The Bertz CT molecular complexity index is 586. The Hall–Kier alpha value is -1.64. The van der Waals surface area contributed by atoms with E-state index in [1.165, 1.54) is 12.1 Å². The molecular formula is C14H22N2O5S. The molecule has 1 unspecified atom stereocenters. The number of nitrogens with one attached hydrogen (secondary N) is 1. The minimum atomic E-state index is -4.04. The van der Waals surface area contributed by atoms with Crippen molar-refractivity contribution in [2.75, 3.05) is 5.75 Å². The molecule has 0 aliphatic heterocycles. The van der Waals surface area contributed by atoms with E-state index in [2.05, 4.69) is 5.32 Å². The van der Waals surface area contributed by atoms with Crippen LogP contribution in [0.3, 0.4) is 0 Å². The molecule has 0 saturated heterocycles. The van der Waals surface area contributed by atoms with Crippen LogP contribution in [0.2, 0.25) is 0 Å². The first-order valence-corrected chi connectivity index (χ1v) is 8.61. The first-order chi connectivity index (χ1) is 10.2. The molecule has 124 valence electrons. The fourth-order valence-corrected chi connectivity index (χ4v) is 2.54. The molecule has 0 radical (unpaired) electrons. The standard InChI is InChI=1S/C14H22N2O5S/c1-2-11(7-8-22(19,20)21)16-14(18)13(15)9-10-3-5-12(17)6-4-10/h3-6,11,13,17H,2,7-9,15H2,1H3,(H,16,18)(H,19,20,21)/t11?,13-/m0/s1. The van der Waals surface area contributed by atoms with E-state index in [1.807, 2.05) is 0 Å². The zero-order valence-corrected chi connectivity index (χ0v) is 13.2. The van der Waals surface area contributed by atoms with Crippen molar-refractivity contribution in [3.8, 4) is 5.75 Å². The molecule has 0 aliphatic rings. The second kappa shape index (κ2) is 8.11.